The van der Waals surface area contributed by atoms with Gasteiger partial charge in [-0.1, -0.05) is 26.2 Å². The quantitative estimate of drug-likeness (QED) is 0.419. The number of alkyl carbamates (subject to hydrolysis) is 1. The van der Waals surface area contributed by atoms with E-state index in [4.69, 9.17) is 9.47 Å². The number of nitrogens with one attached hydrogen (secondary N) is 2. The highest BCUT2D eigenvalue weighted by Crippen LogP contribution is 2.29. The second-order valence-corrected chi connectivity index (χ2v) is 8.24. The molecule has 0 saturated heterocycles. The Kier molecular flexibility index (Phi) is 8.85. The Morgan fingerprint density at radius 2 is 2.03 bits per heavy atom. The zero-order valence-corrected chi connectivity index (χ0v) is 20.0. The first-order chi connectivity index (χ1) is 16.5. The minimum atomic E-state index is -0.637. The van der Waals surface area contributed by atoms with Crippen LogP contribution in [-0.4, -0.2) is 52.6 Å². The fraction of sp³-hybridized carbons (Fsp3) is 0.542. The predicted octanol–water partition coefficient (Wildman–Crippen LogP) is 3.87. The summed E-state index contributed by atoms with van der Waals surface area (Å²) in [5, 5.41) is 20.4. The molecule has 2 aromatic heterocycles. The number of carbonyl (C=O) groups excluding carboxylic acids is 2. The minimum Gasteiger partial charge on any atom is -0.465 e. The molecule has 10 heteroatoms. The van der Waals surface area contributed by atoms with E-state index in [2.05, 4.69) is 26.8 Å². The Labute approximate surface area is 199 Å². The minimum absolute atomic E-state index is 0.0956. The van der Waals surface area contributed by atoms with Crippen LogP contribution in [0.1, 0.15) is 68.3 Å². The molecule has 34 heavy (non-hydrogen) atoms. The van der Waals surface area contributed by atoms with Crippen molar-refractivity contribution in [2.24, 2.45) is 0 Å². The lowest BCUT2D eigenvalue weighted by molar-refractivity contribution is 0.0601. The largest absolute Gasteiger partial charge is 0.465 e. The topological polar surface area (TPSA) is 131 Å². The van der Waals surface area contributed by atoms with Crippen LogP contribution in [0.3, 0.4) is 0 Å². The number of carbonyl (C=O) groups is 2. The lowest BCUT2D eigenvalue weighted by Gasteiger charge is -2.33. The first kappa shape index (κ1) is 25.0. The lowest BCUT2D eigenvalue weighted by Crippen LogP contribution is -2.48. The van der Waals surface area contributed by atoms with Gasteiger partial charge >= 0.3 is 12.1 Å². The molecule has 2 N–H and O–H groups in total. The van der Waals surface area contributed by atoms with E-state index in [1.165, 1.54) is 7.11 Å². The van der Waals surface area contributed by atoms with Crippen molar-refractivity contribution in [1.29, 1.82) is 5.26 Å². The molecule has 0 radical (unpaired) electrons. The highest BCUT2D eigenvalue weighted by Gasteiger charge is 2.29. The number of unbranched alkanes of at least 4 members (excludes halogenated alkanes) is 1. The molecule has 0 aromatic carbocycles. The van der Waals surface area contributed by atoms with Crippen molar-refractivity contribution in [3.05, 3.63) is 29.6 Å². The number of aromatic nitrogens is 3. The smallest absolute Gasteiger partial charge is 0.407 e. The molecule has 0 bridgehead atoms. The summed E-state index contributed by atoms with van der Waals surface area (Å²) in [6.07, 6.45) is 8.37. The van der Waals surface area contributed by atoms with E-state index in [1.807, 2.05) is 13.8 Å². The van der Waals surface area contributed by atoms with Crippen molar-refractivity contribution < 1.29 is 19.1 Å². The van der Waals surface area contributed by atoms with Crippen LogP contribution < -0.4 is 10.6 Å². The molecule has 1 amide bonds. The van der Waals surface area contributed by atoms with Gasteiger partial charge < -0.3 is 20.1 Å². The highest BCUT2D eigenvalue weighted by atomic mass is 16.5. The van der Waals surface area contributed by atoms with Crippen LogP contribution in [0.4, 0.5) is 10.6 Å². The third kappa shape index (κ3) is 6.04. The second-order valence-electron chi connectivity index (χ2n) is 8.24. The molecule has 0 unspecified atom stereocenters. The SMILES string of the molecule is CCCCOC(=O)N[C@H]1CCCC[C@H]1Nc1cc(C#N)c(C(=O)OC)c(-c2cnn(CC)c2)n1. The monoisotopic (exact) mass is 468 g/mol. The number of pyridine rings is 1. The van der Waals surface area contributed by atoms with Crippen molar-refractivity contribution in [2.75, 3.05) is 19.0 Å². The maximum Gasteiger partial charge on any atom is 0.407 e. The Bertz CT molecular complexity index is 1040. The Morgan fingerprint density at radius 3 is 2.68 bits per heavy atom. The highest BCUT2D eigenvalue weighted by molar-refractivity contribution is 5.99. The van der Waals surface area contributed by atoms with Gasteiger partial charge in [-0.2, -0.15) is 10.4 Å². The van der Waals surface area contributed by atoms with E-state index >= 15 is 0 Å². The van der Waals surface area contributed by atoms with Gasteiger partial charge in [0.15, 0.2) is 0 Å². The van der Waals surface area contributed by atoms with Crippen LogP contribution in [0.5, 0.6) is 0 Å². The molecule has 1 aliphatic rings. The summed E-state index contributed by atoms with van der Waals surface area (Å²) in [6.45, 7) is 5.04. The fourth-order valence-corrected chi connectivity index (χ4v) is 4.05. The van der Waals surface area contributed by atoms with Gasteiger partial charge in [0, 0.05) is 24.3 Å². The van der Waals surface area contributed by atoms with Gasteiger partial charge in [-0.3, -0.25) is 4.68 Å². The molecular formula is C24H32N6O4. The Hall–Kier alpha value is -3.61. The summed E-state index contributed by atoms with van der Waals surface area (Å²) in [4.78, 5) is 29.4. The van der Waals surface area contributed by atoms with Crippen LogP contribution in [0.2, 0.25) is 0 Å². The second kappa shape index (κ2) is 12.0. The van der Waals surface area contributed by atoms with E-state index < -0.39 is 12.1 Å². The van der Waals surface area contributed by atoms with Crippen molar-refractivity contribution >= 4 is 17.9 Å². The molecule has 1 fully saturated rings. The summed E-state index contributed by atoms with van der Waals surface area (Å²) in [7, 11) is 1.27. The maximum atomic E-state index is 12.5. The summed E-state index contributed by atoms with van der Waals surface area (Å²) < 4.78 is 11.9. The van der Waals surface area contributed by atoms with E-state index in [0.29, 0.717) is 30.2 Å². The predicted molar refractivity (Wildman–Crippen MR) is 126 cm³/mol. The molecule has 2 atom stereocenters. The molecular weight excluding hydrogens is 436 g/mol. The number of anilines is 1. The van der Waals surface area contributed by atoms with Crippen LogP contribution in [0.15, 0.2) is 18.5 Å². The Balaban J connectivity index is 1.89. The molecule has 1 aliphatic carbocycles. The van der Waals surface area contributed by atoms with Gasteiger partial charge in [0.2, 0.25) is 0 Å². The number of esters is 1. The van der Waals surface area contributed by atoms with E-state index in [1.54, 1.807) is 23.1 Å². The summed E-state index contributed by atoms with van der Waals surface area (Å²) in [6, 6.07) is 3.41. The van der Waals surface area contributed by atoms with Gasteiger partial charge in [-0.25, -0.2) is 14.6 Å². The first-order valence-electron chi connectivity index (χ1n) is 11.8. The molecule has 3 rings (SSSR count). The van der Waals surface area contributed by atoms with Crippen LogP contribution >= 0.6 is 0 Å². The van der Waals surface area contributed by atoms with Crippen molar-refractivity contribution in [3.8, 4) is 17.3 Å². The summed E-state index contributed by atoms with van der Waals surface area (Å²) in [5.41, 5.74) is 1.19. The molecule has 0 spiro atoms. The Morgan fingerprint density at radius 1 is 1.26 bits per heavy atom. The van der Waals surface area contributed by atoms with Crippen molar-refractivity contribution in [1.82, 2.24) is 20.1 Å². The van der Waals surface area contributed by atoms with Gasteiger partial charge in [0.05, 0.1) is 37.2 Å². The standard InChI is InChI=1S/C24H32N6O4/c1-4-6-11-34-24(32)28-19-10-8-7-9-18(19)27-20-12-16(13-25)21(23(31)33-3)22(29-20)17-14-26-30(5-2)15-17/h12,14-15,18-19H,4-11H2,1-3H3,(H,27,29)(H,28,32)/t18-,19+/m1/s1. The molecule has 0 aliphatic heterocycles. The molecule has 1 saturated carbocycles. The summed E-state index contributed by atoms with van der Waals surface area (Å²) >= 11 is 0. The first-order valence-corrected chi connectivity index (χ1v) is 11.8. The van der Waals surface area contributed by atoms with Crippen LogP contribution in [0.25, 0.3) is 11.3 Å². The van der Waals surface area contributed by atoms with E-state index in [9.17, 15) is 14.9 Å². The third-order valence-electron chi connectivity index (χ3n) is 5.89. The number of nitriles is 1. The average molecular weight is 469 g/mol. The number of rotatable bonds is 9. The van der Waals surface area contributed by atoms with E-state index in [0.717, 1.165) is 38.5 Å². The zero-order chi connectivity index (χ0) is 24.5. The maximum absolute atomic E-state index is 12.5. The normalized spacial score (nSPS) is 17.5. The number of hydrogen-bond donors (Lipinski definition) is 2. The van der Waals surface area contributed by atoms with E-state index in [-0.39, 0.29) is 23.2 Å². The van der Waals surface area contributed by atoms with Crippen molar-refractivity contribution in [2.45, 2.75) is 71.0 Å². The zero-order valence-electron chi connectivity index (χ0n) is 20.0. The number of nitrogens with zero attached hydrogens (tertiary/aromatic N) is 4. The average Bonchev–Trinajstić information content (AvgIpc) is 3.33. The molecule has 2 heterocycles. The molecule has 182 valence electrons. The third-order valence-corrected chi connectivity index (χ3v) is 5.89. The number of amides is 1. The van der Waals surface area contributed by atoms with Crippen LogP contribution in [0, 0.1) is 11.3 Å². The summed E-state index contributed by atoms with van der Waals surface area (Å²) in [5.74, 6) is -0.191. The van der Waals surface area contributed by atoms with Gasteiger partial charge in [-0.05, 0) is 32.3 Å². The lowest BCUT2D eigenvalue weighted by atomic mass is 9.90. The number of hydrogen-bond acceptors (Lipinski definition) is 8. The number of aryl methyl sites for hydroxylation is 1. The molecule has 10 nitrogen and oxygen atoms in total. The number of ether oxygens (including phenoxy) is 2. The van der Waals surface area contributed by atoms with Crippen molar-refractivity contribution in [3.63, 3.8) is 0 Å². The molecule has 2 aromatic rings. The number of methoxy groups -OCH3 is 1. The van der Waals surface area contributed by atoms with Crippen LogP contribution in [-0.2, 0) is 16.0 Å². The van der Waals surface area contributed by atoms with Gasteiger partial charge in [0.1, 0.15) is 17.5 Å². The van der Waals surface area contributed by atoms with Gasteiger partial charge in [0.25, 0.3) is 0 Å². The fourth-order valence-electron chi connectivity index (χ4n) is 4.05. The van der Waals surface area contributed by atoms with Gasteiger partial charge in [-0.15, -0.1) is 0 Å².